The second-order valence-electron chi connectivity index (χ2n) is 4.44. The number of amides is 1. The van der Waals surface area contributed by atoms with Gasteiger partial charge >= 0.3 is 0 Å². The molecule has 1 aromatic carbocycles. The van der Waals surface area contributed by atoms with Crippen LogP contribution in [0.15, 0.2) is 43.0 Å². The van der Waals surface area contributed by atoms with Gasteiger partial charge in [0, 0.05) is 13.6 Å². The molecule has 0 aliphatic carbocycles. The molecule has 0 saturated carbocycles. The Hall–Kier alpha value is -1.62. The van der Waals surface area contributed by atoms with Crippen LogP contribution in [0.1, 0.15) is 12.5 Å². The van der Waals surface area contributed by atoms with E-state index in [4.69, 9.17) is 0 Å². The zero-order valence-corrected chi connectivity index (χ0v) is 12.1. The van der Waals surface area contributed by atoms with Crippen molar-refractivity contribution in [1.82, 2.24) is 4.90 Å². The van der Waals surface area contributed by atoms with Gasteiger partial charge in [-0.2, -0.15) is 0 Å². The first kappa shape index (κ1) is 15.4. The molecule has 1 unspecified atom stereocenters. The number of rotatable bonds is 6. The summed E-state index contributed by atoms with van der Waals surface area (Å²) < 4.78 is 23.6. The second-order valence-corrected chi connectivity index (χ2v) is 6.81. The Morgan fingerprint density at radius 3 is 2.47 bits per heavy atom. The number of hydrogen-bond donors (Lipinski definition) is 0. The van der Waals surface area contributed by atoms with Gasteiger partial charge in [-0.1, -0.05) is 36.4 Å². The average Bonchev–Trinajstić information content (AvgIpc) is 2.38. The first-order valence-electron chi connectivity index (χ1n) is 6.00. The van der Waals surface area contributed by atoms with Crippen molar-refractivity contribution < 1.29 is 13.2 Å². The van der Waals surface area contributed by atoms with Crippen LogP contribution in [0.3, 0.4) is 0 Å². The van der Waals surface area contributed by atoms with Crippen LogP contribution in [0.4, 0.5) is 0 Å². The Balaban J connectivity index is 2.75. The van der Waals surface area contributed by atoms with Crippen LogP contribution in [0, 0.1) is 0 Å². The van der Waals surface area contributed by atoms with Crippen molar-refractivity contribution in [2.75, 3.05) is 12.8 Å². The van der Waals surface area contributed by atoms with E-state index in [1.807, 2.05) is 30.3 Å². The standard InChI is InChI=1S/C14H19NO3S/c1-4-10-19(17,18)12(2)14(16)15(3)11-13-8-6-5-7-9-13/h4-9,12H,1,10-11H2,2-3H3. The smallest absolute Gasteiger partial charge is 0.240 e. The van der Waals surface area contributed by atoms with E-state index in [-0.39, 0.29) is 5.75 Å². The van der Waals surface area contributed by atoms with E-state index in [9.17, 15) is 13.2 Å². The minimum absolute atomic E-state index is 0.181. The van der Waals surface area contributed by atoms with Gasteiger partial charge in [0.05, 0.1) is 5.75 Å². The van der Waals surface area contributed by atoms with Crippen molar-refractivity contribution in [3.63, 3.8) is 0 Å². The zero-order valence-electron chi connectivity index (χ0n) is 11.2. The van der Waals surface area contributed by atoms with Gasteiger partial charge in [-0.3, -0.25) is 4.79 Å². The van der Waals surface area contributed by atoms with Crippen LogP contribution in [-0.4, -0.2) is 37.3 Å². The summed E-state index contributed by atoms with van der Waals surface area (Å²) in [7, 11) is -1.85. The van der Waals surface area contributed by atoms with Crippen molar-refractivity contribution in [1.29, 1.82) is 0 Å². The van der Waals surface area contributed by atoms with Crippen LogP contribution in [0.25, 0.3) is 0 Å². The van der Waals surface area contributed by atoms with E-state index in [0.717, 1.165) is 5.56 Å². The van der Waals surface area contributed by atoms with Crippen LogP contribution in [0.5, 0.6) is 0 Å². The second kappa shape index (κ2) is 6.52. The number of carbonyl (C=O) groups excluding carboxylic acids is 1. The lowest BCUT2D eigenvalue weighted by atomic mass is 10.2. The molecule has 0 N–H and O–H groups in total. The van der Waals surface area contributed by atoms with Crippen LogP contribution >= 0.6 is 0 Å². The van der Waals surface area contributed by atoms with E-state index < -0.39 is 21.0 Å². The SMILES string of the molecule is C=CCS(=O)(=O)C(C)C(=O)N(C)Cc1ccccc1. The fraction of sp³-hybridized carbons (Fsp3) is 0.357. The lowest BCUT2D eigenvalue weighted by Gasteiger charge is -2.21. The van der Waals surface area contributed by atoms with Crippen LogP contribution in [0.2, 0.25) is 0 Å². The Labute approximate surface area is 114 Å². The fourth-order valence-corrected chi connectivity index (χ4v) is 2.81. The molecular formula is C14H19NO3S. The third kappa shape index (κ3) is 4.21. The maximum Gasteiger partial charge on any atom is 0.240 e. The summed E-state index contributed by atoms with van der Waals surface area (Å²) in [5, 5.41) is -1.04. The van der Waals surface area contributed by atoms with Gasteiger partial charge in [0.15, 0.2) is 9.84 Å². The molecule has 1 atom stereocenters. The maximum absolute atomic E-state index is 12.1. The normalized spacial score (nSPS) is 12.7. The minimum Gasteiger partial charge on any atom is -0.340 e. The van der Waals surface area contributed by atoms with Crippen molar-refractivity contribution in [2.24, 2.45) is 0 Å². The zero-order chi connectivity index (χ0) is 14.5. The molecule has 104 valence electrons. The van der Waals surface area contributed by atoms with E-state index in [2.05, 4.69) is 6.58 Å². The summed E-state index contributed by atoms with van der Waals surface area (Å²) in [6, 6.07) is 9.44. The van der Waals surface area contributed by atoms with Gasteiger partial charge in [-0.25, -0.2) is 8.42 Å². The number of nitrogens with zero attached hydrogens (tertiary/aromatic N) is 1. The van der Waals surface area contributed by atoms with Gasteiger partial charge in [-0.05, 0) is 12.5 Å². The van der Waals surface area contributed by atoms with Gasteiger partial charge in [0.2, 0.25) is 5.91 Å². The highest BCUT2D eigenvalue weighted by Crippen LogP contribution is 2.09. The Morgan fingerprint density at radius 2 is 1.95 bits per heavy atom. The molecule has 0 aliphatic heterocycles. The van der Waals surface area contributed by atoms with Gasteiger partial charge in [0.25, 0.3) is 0 Å². The average molecular weight is 281 g/mol. The molecule has 19 heavy (non-hydrogen) atoms. The Bertz CT molecular complexity index is 537. The summed E-state index contributed by atoms with van der Waals surface area (Å²) >= 11 is 0. The highest BCUT2D eigenvalue weighted by atomic mass is 32.2. The van der Waals surface area contributed by atoms with Crippen LogP contribution in [-0.2, 0) is 21.2 Å². The molecule has 1 amide bonds. The molecule has 0 saturated heterocycles. The van der Waals surface area contributed by atoms with Gasteiger partial charge in [0.1, 0.15) is 5.25 Å². The van der Waals surface area contributed by atoms with Crippen molar-refractivity contribution in [3.8, 4) is 0 Å². The lowest BCUT2D eigenvalue weighted by Crippen LogP contribution is -2.39. The highest BCUT2D eigenvalue weighted by molar-refractivity contribution is 7.92. The van der Waals surface area contributed by atoms with Crippen molar-refractivity contribution >= 4 is 15.7 Å². The molecule has 0 heterocycles. The predicted octanol–water partition coefficient (Wildman–Crippen LogP) is 1.63. The molecule has 0 aliphatic rings. The summed E-state index contributed by atoms with van der Waals surface area (Å²) in [6.07, 6.45) is 1.30. The molecule has 0 aromatic heterocycles. The summed E-state index contributed by atoms with van der Waals surface area (Å²) in [6.45, 7) is 5.21. The molecule has 5 heteroatoms. The van der Waals surface area contributed by atoms with E-state index >= 15 is 0 Å². The van der Waals surface area contributed by atoms with Gasteiger partial charge in [-0.15, -0.1) is 6.58 Å². The fourth-order valence-electron chi connectivity index (χ4n) is 1.71. The first-order valence-corrected chi connectivity index (χ1v) is 7.71. The third-order valence-electron chi connectivity index (χ3n) is 2.88. The summed E-state index contributed by atoms with van der Waals surface area (Å²) in [5.41, 5.74) is 0.965. The van der Waals surface area contributed by atoms with E-state index in [0.29, 0.717) is 6.54 Å². The molecule has 0 bridgehead atoms. The monoisotopic (exact) mass is 281 g/mol. The molecule has 1 rings (SSSR count). The minimum atomic E-state index is -3.46. The quantitative estimate of drug-likeness (QED) is 0.745. The molecular weight excluding hydrogens is 262 g/mol. The third-order valence-corrected chi connectivity index (χ3v) is 4.85. The molecule has 4 nitrogen and oxygen atoms in total. The molecule has 1 aromatic rings. The Kier molecular flexibility index (Phi) is 5.30. The summed E-state index contributed by atoms with van der Waals surface area (Å²) in [5.74, 6) is -0.579. The predicted molar refractivity (Wildman–Crippen MR) is 76.4 cm³/mol. The number of carbonyl (C=O) groups is 1. The first-order chi connectivity index (χ1) is 8.88. The summed E-state index contributed by atoms with van der Waals surface area (Å²) in [4.78, 5) is 13.5. The van der Waals surface area contributed by atoms with Crippen molar-refractivity contribution in [2.45, 2.75) is 18.7 Å². The topological polar surface area (TPSA) is 54.5 Å². The van der Waals surface area contributed by atoms with Gasteiger partial charge < -0.3 is 4.90 Å². The number of hydrogen-bond acceptors (Lipinski definition) is 3. The number of sulfone groups is 1. The maximum atomic E-state index is 12.1. The van der Waals surface area contributed by atoms with E-state index in [1.165, 1.54) is 17.9 Å². The molecule has 0 spiro atoms. The largest absolute Gasteiger partial charge is 0.340 e. The highest BCUT2D eigenvalue weighted by Gasteiger charge is 2.29. The molecule has 0 fully saturated rings. The van der Waals surface area contributed by atoms with E-state index in [1.54, 1.807) is 7.05 Å². The molecule has 0 radical (unpaired) electrons. The lowest BCUT2D eigenvalue weighted by molar-refractivity contribution is -0.129. The van der Waals surface area contributed by atoms with Crippen molar-refractivity contribution in [3.05, 3.63) is 48.6 Å². The number of benzene rings is 1. The Morgan fingerprint density at radius 1 is 1.37 bits per heavy atom. The van der Waals surface area contributed by atoms with Crippen LogP contribution < -0.4 is 0 Å².